The normalized spacial score (nSPS) is 11.9. The zero-order valence-corrected chi connectivity index (χ0v) is 15.2. The van der Waals surface area contributed by atoms with Gasteiger partial charge in [-0.3, -0.25) is 9.78 Å². The van der Waals surface area contributed by atoms with Crippen LogP contribution in [-0.4, -0.2) is 20.4 Å². The van der Waals surface area contributed by atoms with Gasteiger partial charge >= 0.3 is 0 Å². The minimum atomic E-state index is -0.203. The van der Waals surface area contributed by atoms with Gasteiger partial charge < -0.3 is 9.88 Å². The number of hydrogen-bond acceptors (Lipinski definition) is 3. The quantitative estimate of drug-likeness (QED) is 0.711. The Labute approximate surface area is 154 Å². The van der Waals surface area contributed by atoms with E-state index in [2.05, 4.69) is 53.4 Å². The first-order valence-electron chi connectivity index (χ1n) is 8.93. The average Bonchev–Trinajstić information content (AvgIpc) is 3.13. The number of nitrogens with one attached hydrogen (secondary N) is 1. The van der Waals surface area contributed by atoms with E-state index in [1.165, 1.54) is 5.56 Å². The van der Waals surface area contributed by atoms with E-state index in [0.29, 0.717) is 13.0 Å². The van der Waals surface area contributed by atoms with Crippen molar-refractivity contribution < 1.29 is 4.79 Å². The summed E-state index contributed by atoms with van der Waals surface area (Å²) in [5.41, 5.74) is 3.22. The van der Waals surface area contributed by atoms with Gasteiger partial charge in [-0.25, -0.2) is 4.98 Å². The molecule has 0 bridgehead atoms. The Morgan fingerprint density at radius 3 is 2.65 bits per heavy atom. The van der Waals surface area contributed by atoms with E-state index in [1.807, 2.05) is 22.9 Å². The Morgan fingerprint density at radius 2 is 1.96 bits per heavy atom. The van der Waals surface area contributed by atoms with Crippen LogP contribution in [-0.2, 0) is 17.8 Å². The molecule has 3 aromatic rings. The van der Waals surface area contributed by atoms with Crippen molar-refractivity contribution in [2.24, 2.45) is 0 Å². The highest BCUT2D eigenvalue weighted by Crippen LogP contribution is 2.22. The molecule has 0 radical (unpaired) electrons. The maximum Gasteiger partial charge on any atom is 0.222 e. The number of aromatic nitrogens is 3. The van der Waals surface area contributed by atoms with Crippen LogP contribution >= 0.6 is 0 Å². The maximum atomic E-state index is 12.6. The van der Waals surface area contributed by atoms with Crippen molar-refractivity contribution in [1.29, 1.82) is 0 Å². The van der Waals surface area contributed by atoms with Gasteiger partial charge in [0.15, 0.2) is 0 Å². The van der Waals surface area contributed by atoms with Crippen LogP contribution in [0.1, 0.15) is 41.9 Å². The lowest BCUT2D eigenvalue weighted by molar-refractivity contribution is -0.121. The smallest absolute Gasteiger partial charge is 0.222 e. The van der Waals surface area contributed by atoms with Gasteiger partial charge in [-0.15, -0.1) is 0 Å². The number of hydrogen-bond donors (Lipinski definition) is 1. The fourth-order valence-electron chi connectivity index (χ4n) is 2.98. The number of benzene rings is 1. The summed E-state index contributed by atoms with van der Waals surface area (Å²) in [5.74, 6) is 1.01. The van der Waals surface area contributed by atoms with E-state index in [0.717, 1.165) is 23.4 Å². The molecule has 0 aliphatic heterocycles. The molecule has 26 heavy (non-hydrogen) atoms. The summed E-state index contributed by atoms with van der Waals surface area (Å²) in [7, 11) is 0. The van der Waals surface area contributed by atoms with Crippen LogP contribution in [0.4, 0.5) is 0 Å². The number of imidazole rings is 1. The Hall–Kier alpha value is -2.95. The third-order valence-corrected chi connectivity index (χ3v) is 4.43. The van der Waals surface area contributed by atoms with Gasteiger partial charge in [0.2, 0.25) is 5.91 Å². The number of rotatable bonds is 7. The topological polar surface area (TPSA) is 59.8 Å². The zero-order chi connectivity index (χ0) is 18.4. The van der Waals surface area contributed by atoms with Crippen LogP contribution in [0.25, 0.3) is 0 Å². The summed E-state index contributed by atoms with van der Waals surface area (Å²) < 4.78 is 2.03. The highest BCUT2D eigenvalue weighted by atomic mass is 16.1. The molecule has 5 heteroatoms. The third-order valence-electron chi connectivity index (χ3n) is 4.43. The van der Waals surface area contributed by atoms with Gasteiger partial charge in [0.05, 0.1) is 6.04 Å². The van der Waals surface area contributed by atoms with E-state index in [4.69, 9.17) is 0 Å². The van der Waals surface area contributed by atoms with Gasteiger partial charge in [0.1, 0.15) is 5.82 Å². The summed E-state index contributed by atoms with van der Waals surface area (Å²) in [5, 5.41) is 3.16. The number of nitrogens with zero attached hydrogens (tertiary/aromatic N) is 3. The molecular weight excluding hydrogens is 324 g/mol. The molecule has 134 valence electrons. The van der Waals surface area contributed by atoms with Crippen LogP contribution in [0.5, 0.6) is 0 Å². The van der Waals surface area contributed by atoms with Gasteiger partial charge in [0.25, 0.3) is 0 Å². The van der Waals surface area contributed by atoms with E-state index in [-0.39, 0.29) is 11.9 Å². The monoisotopic (exact) mass is 348 g/mol. The van der Waals surface area contributed by atoms with Crippen LogP contribution in [0.15, 0.2) is 61.2 Å². The molecular formula is C21H24N4O. The maximum absolute atomic E-state index is 12.6. The second-order valence-corrected chi connectivity index (χ2v) is 6.34. The molecule has 1 atom stereocenters. The van der Waals surface area contributed by atoms with Crippen LogP contribution < -0.4 is 5.32 Å². The highest BCUT2D eigenvalue weighted by Gasteiger charge is 2.17. The molecule has 1 amide bonds. The standard InChI is InChI=1S/C21H24N4O/c1-3-19-23-12-14-25(19)13-10-20(26)24-21(18-5-4-11-22-15-18)17-8-6-16(2)7-9-17/h4-9,11-12,14-15,21H,3,10,13H2,1-2H3,(H,24,26). The summed E-state index contributed by atoms with van der Waals surface area (Å²) in [6.45, 7) is 4.75. The van der Waals surface area contributed by atoms with E-state index in [9.17, 15) is 4.79 Å². The molecule has 5 nitrogen and oxygen atoms in total. The largest absolute Gasteiger partial charge is 0.345 e. The number of aryl methyl sites for hydroxylation is 3. The van der Waals surface area contributed by atoms with E-state index < -0.39 is 0 Å². The number of carbonyl (C=O) groups excluding carboxylic acids is 1. The first-order chi connectivity index (χ1) is 12.7. The van der Waals surface area contributed by atoms with Gasteiger partial charge in [-0.1, -0.05) is 42.8 Å². The Morgan fingerprint density at radius 1 is 1.15 bits per heavy atom. The van der Waals surface area contributed by atoms with Crippen molar-refractivity contribution in [1.82, 2.24) is 19.9 Å². The highest BCUT2D eigenvalue weighted by molar-refractivity contribution is 5.77. The summed E-state index contributed by atoms with van der Waals surface area (Å²) in [4.78, 5) is 21.1. The molecule has 1 aromatic carbocycles. The lowest BCUT2D eigenvalue weighted by Gasteiger charge is -2.20. The molecule has 0 aliphatic rings. The first-order valence-corrected chi connectivity index (χ1v) is 8.93. The van der Waals surface area contributed by atoms with Crippen LogP contribution in [0.3, 0.4) is 0 Å². The van der Waals surface area contributed by atoms with Crippen LogP contribution in [0.2, 0.25) is 0 Å². The van der Waals surface area contributed by atoms with Crippen molar-refractivity contribution in [3.8, 4) is 0 Å². The molecule has 0 fully saturated rings. The minimum Gasteiger partial charge on any atom is -0.345 e. The molecule has 0 spiro atoms. The fraction of sp³-hybridized carbons (Fsp3) is 0.286. The molecule has 1 N–H and O–H groups in total. The second-order valence-electron chi connectivity index (χ2n) is 6.34. The summed E-state index contributed by atoms with van der Waals surface area (Å²) in [6.07, 6.45) is 8.51. The number of carbonyl (C=O) groups is 1. The number of pyridine rings is 1. The van der Waals surface area contributed by atoms with Gasteiger partial charge in [-0.2, -0.15) is 0 Å². The number of amides is 1. The summed E-state index contributed by atoms with van der Waals surface area (Å²) in [6, 6.07) is 11.9. The molecule has 0 saturated heterocycles. The lowest BCUT2D eigenvalue weighted by atomic mass is 9.99. The molecule has 2 heterocycles. The Bertz CT molecular complexity index is 840. The van der Waals surface area contributed by atoms with Gasteiger partial charge in [0, 0.05) is 44.2 Å². The zero-order valence-electron chi connectivity index (χ0n) is 15.2. The van der Waals surface area contributed by atoms with E-state index in [1.54, 1.807) is 18.6 Å². The second kappa shape index (κ2) is 8.43. The molecule has 0 saturated carbocycles. The van der Waals surface area contributed by atoms with Crippen molar-refractivity contribution in [3.05, 3.63) is 83.7 Å². The minimum absolute atomic E-state index is 0.00943. The molecule has 0 aliphatic carbocycles. The predicted octanol–water partition coefficient (Wildman–Crippen LogP) is 3.44. The Balaban J connectivity index is 1.73. The Kier molecular flexibility index (Phi) is 5.79. The SMILES string of the molecule is CCc1nccn1CCC(=O)NC(c1ccc(C)cc1)c1cccnc1. The first kappa shape index (κ1) is 17.9. The summed E-state index contributed by atoms with van der Waals surface area (Å²) >= 11 is 0. The van der Waals surface area contributed by atoms with Crippen molar-refractivity contribution in [3.63, 3.8) is 0 Å². The lowest BCUT2D eigenvalue weighted by Crippen LogP contribution is -2.30. The van der Waals surface area contributed by atoms with Crippen molar-refractivity contribution in [2.75, 3.05) is 0 Å². The fourth-order valence-corrected chi connectivity index (χ4v) is 2.98. The average molecular weight is 348 g/mol. The van der Waals surface area contributed by atoms with Crippen LogP contribution in [0, 0.1) is 6.92 Å². The van der Waals surface area contributed by atoms with E-state index >= 15 is 0 Å². The van der Waals surface area contributed by atoms with Gasteiger partial charge in [-0.05, 0) is 24.1 Å². The van der Waals surface area contributed by atoms with Crippen molar-refractivity contribution >= 4 is 5.91 Å². The third kappa shape index (κ3) is 4.36. The molecule has 1 unspecified atom stereocenters. The molecule has 3 rings (SSSR count). The predicted molar refractivity (Wildman–Crippen MR) is 102 cm³/mol. The molecule has 2 aromatic heterocycles. The van der Waals surface area contributed by atoms with Crippen molar-refractivity contribution in [2.45, 2.75) is 39.3 Å².